The molecule has 4 N–H and O–H groups in total. The van der Waals surface area contributed by atoms with Crippen molar-refractivity contribution < 1.29 is 18.7 Å². The van der Waals surface area contributed by atoms with Crippen LogP contribution >= 0.6 is 11.6 Å². The minimum Gasteiger partial charge on any atom is -0.465 e. The monoisotopic (exact) mass is 330 g/mol. The Balaban J connectivity index is 2.07. The van der Waals surface area contributed by atoms with Crippen LogP contribution < -0.4 is 21.5 Å². The van der Waals surface area contributed by atoms with Gasteiger partial charge in [-0.15, -0.1) is 0 Å². The van der Waals surface area contributed by atoms with Crippen LogP contribution in [-0.2, 0) is 4.74 Å². The van der Waals surface area contributed by atoms with Gasteiger partial charge in [0.1, 0.15) is 0 Å². The van der Waals surface area contributed by atoms with E-state index in [1.807, 2.05) is 6.92 Å². The lowest BCUT2D eigenvalue weighted by atomic mass is 10.2. The fourth-order valence-electron chi connectivity index (χ4n) is 2.05. The van der Waals surface area contributed by atoms with Gasteiger partial charge in [-0.1, -0.05) is 11.6 Å². The molecule has 1 aliphatic rings. The Morgan fingerprint density at radius 2 is 2.14 bits per heavy atom. The normalized spacial score (nSPS) is 20.5. The summed E-state index contributed by atoms with van der Waals surface area (Å²) in [6.07, 6.45) is 0.483. The second kappa shape index (κ2) is 6.91. The van der Waals surface area contributed by atoms with E-state index in [0.717, 1.165) is 13.2 Å². The number of rotatable bonds is 3. The van der Waals surface area contributed by atoms with Gasteiger partial charge in [-0.2, -0.15) is 0 Å². The van der Waals surface area contributed by atoms with Crippen molar-refractivity contribution in [2.75, 3.05) is 12.4 Å². The van der Waals surface area contributed by atoms with Crippen molar-refractivity contribution in [1.29, 1.82) is 0 Å². The predicted molar refractivity (Wildman–Crippen MR) is 79.0 cm³/mol. The molecule has 0 aromatic heterocycles. The van der Waals surface area contributed by atoms with Gasteiger partial charge in [0.15, 0.2) is 5.82 Å². The zero-order chi connectivity index (χ0) is 16.3. The molecular formula is C13H16ClFN4O3. The first kappa shape index (κ1) is 16.5. The lowest BCUT2D eigenvalue weighted by molar-refractivity contribution is 0.0595. The summed E-state index contributed by atoms with van der Waals surface area (Å²) in [6.45, 7) is 1.97. The van der Waals surface area contributed by atoms with Crippen molar-refractivity contribution in [3.8, 4) is 0 Å². The number of carbonyl (C=O) groups is 2. The highest BCUT2D eigenvalue weighted by atomic mass is 35.5. The van der Waals surface area contributed by atoms with Gasteiger partial charge in [-0.05, 0) is 25.5 Å². The van der Waals surface area contributed by atoms with E-state index in [1.165, 1.54) is 6.07 Å². The lowest BCUT2D eigenvalue weighted by Gasteiger charge is -2.14. The zero-order valence-corrected chi connectivity index (χ0v) is 12.8. The summed E-state index contributed by atoms with van der Waals surface area (Å²) in [5.41, 5.74) is 5.70. The Labute approximate surface area is 131 Å². The maximum absolute atomic E-state index is 13.7. The lowest BCUT2D eigenvalue weighted by Crippen LogP contribution is -2.46. The van der Waals surface area contributed by atoms with Crippen molar-refractivity contribution in [1.82, 2.24) is 16.2 Å². The third kappa shape index (κ3) is 3.85. The summed E-state index contributed by atoms with van der Waals surface area (Å²) in [7, 11) is 1.13. The first-order valence-corrected chi connectivity index (χ1v) is 6.94. The van der Waals surface area contributed by atoms with Crippen LogP contribution in [0.5, 0.6) is 0 Å². The third-order valence-electron chi connectivity index (χ3n) is 3.09. The van der Waals surface area contributed by atoms with Gasteiger partial charge in [0.05, 0.1) is 23.9 Å². The molecule has 120 valence electrons. The number of methoxy groups -OCH3 is 1. The highest BCUT2D eigenvalue weighted by Crippen LogP contribution is 2.24. The molecule has 0 bridgehead atoms. The number of urea groups is 1. The summed E-state index contributed by atoms with van der Waals surface area (Å²) in [6, 6.07) is 2.10. The number of hydrogen-bond donors (Lipinski definition) is 4. The maximum atomic E-state index is 13.7. The van der Waals surface area contributed by atoms with Crippen molar-refractivity contribution in [2.45, 2.75) is 25.6 Å². The van der Waals surface area contributed by atoms with Gasteiger partial charge < -0.3 is 15.4 Å². The minimum atomic E-state index is -0.894. The molecular weight excluding hydrogens is 315 g/mol. The Kier molecular flexibility index (Phi) is 5.17. The van der Waals surface area contributed by atoms with Gasteiger partial charge in [0, 0.05) is 11.7 Å². The smallest absolute Gasteiger partial charge is 0.340 e. The van der Waals surface area contributed by atoms with Gasteiger partial charge in [-0.3, -0.25) is 5.43 Å². The zero-order valence-electron chi connectivity index (χ0n) is 12.0. The number of nitrogens with one attached hydrogen (secondary N) is 4. The van der Waals surface area contributed by atoms with Crippen LogP contribution in [0.4, 0.5) is 14.9 Å². The number of hydrogen-bond acceptors (Lipinski definition) is 5. The maximum Gasteiger partial charge on any atom is 0.340 e. The van der Waals surface area contributed by atoms with E-state index in [2.05, 4.69) is 26.2 Å². The molecule has 2 unspecified atom stereocenters. The fourth-order valence-corrected chi connectivity index (χ4v) is 2.27. The van der Waals surface area contributed by atoms with Gasteiger partial charge in [-0.25, -0.2) is 19.4 Å². The molecule has 0 aliphatic carbocycles. The second-order valence-electron chi connectivity index (χ2n) is 4.89. The largest absolute Gasteiger partial charge is 0.465 e. The Morgan fingerprint density at radius 1 is 1.41 bits per heavy atom. The molecule has 0 spiro atoms. The number of ether oxygens (including phenoxy) is 1. The van der Waals surface area contributed by atoms with Crippen LogP contribution in [0, 0.1) is 5.82 Å². The molecule has 1 heterocycles. The minimum absolute atomic E-state index is 0.184. The number of carbonyl (C=O) groups excluding carboxylic acids is 2. The Bertz CT molecular complexity index is 599. The topological polar surface area (TPSA) is 91.5 Å². The number of hydrazine groups is 1. The molecule has 2 atom stereocenters. The summed E-state index contributed by atoms with van der Waals surface area (Å²) < 4.78 is 18.2. The molecule has 1 fully saturated rings. The number of benzene rings is 1. The van der Waals surface area contributed by atoms with Gasteiger partial charge >= 0.3 is 12.0 Å². The quantitative estimate of drug-likeness (QED) is 0.632. The Hall–Kier alpha value is -1.90. The highest BCUT2D eigenvalue weighted by molar-refractivity contribution is 6.31. The van der Waals surface area contributed by atoms with Crippen LogP contribution in [0.15, 0.2) is 12.1 Å². The standard InChI is InChI=1S/C13H16ClFN4O3/c1-6-3-10(19-18-6)17-13(21)16-7-4-8(12(20)22-2)11(15)9(14)5-7/h4-6,10,18-19H,3H2,1-2H3,(H2,16,17,21). The van der Waals surface area contributed by atoms with Crippen molar-refractivity contribution >= 4 is 29.3 Å². The van der Waals surface area contributed by atoms with Crippen LogP contribution in [0.1, 0.15) is 23.7 Å². The molecule has 0 saturated carbocycles. The van der Waals surface area contributed by atoms with Crippen LogP contribution in [0.3, 0.4) is 0 Å². The first-order valence-electron chi connectivity index (χ1n) is 6.56. The van der Waals surface area contributed by atoms with Crippen LogP contribution in [-0.4, -0.2) is 31.3 Å². The molecule has 1 aromatic rings. The van der Waals surface area contributed by atoms with Crippen molar-refractivity contribution in [3.05, 3.63) is 28.5 Å². The van der Waals surface area contributed by atoms with E-state index < -0.39 is 17.8 Å². The van der Waals surface area contributed by atoms with E-state index in [-0.39, 0.29) is 28.5 Å². The van der Waals surface area contributed by atoms with Gasteiger partial charge in [0.25, 0.3) is 0 Å². The molecule has 9 heteroatoms. The average Bonchev–Trinajstić information content (AvgIpc) is 2.86. The van der Waals surface area contributed by atoms with Crippen molar-refractivity contribution in [2.24, 2.45) is 0 Å². The van der Waals surface area contributed by atoms with Crippen LogP contribution in [0.2, 0.25) is 5.02 Å². The summed E-state index contributed by atoms with van der Waals surface area (Å²) in [5.74, 6) is -1.77. The molecule has 1 aromatic carbocycles. The molecule has 1 saturated heterocycles. The van der Waals surface area contributed by atoms with Gasteiger partial charge in [0.2, 0.25) is 0 Å². The molecule has 22 heavy (non-hydrogen) atoms. The SMILES string of the molecule is COC(=O)c1cc(NC(=O)NC2CC(C)NN2)cc(Cl)c1F. The second-order valence-corrected chi connectivity index (χ2v) is 5.29. The number of halogens is 2. The molecule has 1 aliphatic heterocycles. The van der Waals surface area contributed by atoms with E-state index in [1.54, 1.807) is 0 Å². The molecule has 0 radical (unpaired) electrons. The number of amides is 2. The van der Waals surface area contributed by atoms with E-state index in [0.29, 0.717) is 6.42 Å². The number of esters is 1. The summed E-state index contributed by atoms with van der Waals surface area (Å²) >= 11 is 5.72. The molecule has 7 nitrogen and oxygen atoms in total. The fraction of sp³-hybridized carbons (Fsp3) is 0.385. The molecule has 2 rings (SSSR count). The summed E-state index contributed by atoms with van der Waals surface area (Å²) in [4.78, 5) is 23.4. The van der Waals surface area contributed by atoms with Crippen LogP contribution in [0.25, 0.3) is 0 Å². The highest BCUT2D eigenvalue weighted by Gasteiger charge is 2.22. The van der Waals surface area contributed by atoms with E-state index in [4.69, 9.17) is 11.6 Å². The molecule has 2 amide bonds. The van der Waals surface area contributed by atoms with E-state index >= 15 is 0 Å². The summed E-state index contributed by atoms with van der Waals surface area (Å²) in [5, 5.41) is 4.89. The third-order valence-corrected chi connectivity index (χ3v) is 3.36. The first-order chi connectivity index (χ1) is 10.4. The van der Waals surface area contributed by atoms with E-state index in [9.17, 15) is 14.0 Å². The predicted octanol–water partition coefficient (Wildman–Crippen LogP) is 1.60. The Morgan fingerprint density at radius 3 is 2.73 bits per heavy atom. The average molecular weight is 331 g/mol. The van der Waals surface area contributed by atoms with Crippen molar-refractivity contribution in [3.63, 3.8) is 0 Å². The number of anilines is 1.